The summed E-state index contributed by atoms with van der Waals surface area (Å²) >= 11 is 0. The van der Waals surface area contributed by atoms with Gasteiger partial charge in [-0.05, 0) is 69.5 Å². The van der Waals surface area contributed by atoms with Gasteiger partial charge in [-0.1, -0.05) is 12.1 Å². The molecule has 0 aliphatic carbocycles. The van der Waals surface area contributed by atoms with Crippen molar-refractivity contribution in [3.05, 3.63) is 66.1 Å². The molecule has 178 valence electrons. The molecular formula is C26H31N5O3. The van der Waals surface area contributed by atoms with Crippen molar-refractivity contribution in [2.75, 3.05) is 13.1 Å². The van der Waals surface area contributed by atoms with Gasteiger partial charge in [0.2, 0.25) is 5.91 Å². The lowest BCUT2D eigenvalue weighted by Crippen LogP contribution is -2.43. The first-order valence-corrected chi connectivity index (χ1v) is 11.6. The van der Waals surface area contributed by atoms with Crippen molar-refractivity contribution < 1.29 is 14.3 Å². The number of ether oxygens (including phenoxy) is 1. The molecule has 0 saturated carbocycles. The van der Waals surface area contributed by atoms with Crippen molar-refractivity contribution in [2.45, 2.75) is 45.8 Å². The highest BCUT2D eigenvalue weighted by Crippen LogP contribution is 2.22. The largest absolute Gasteiger partial charge is 0.488 e. The van der Waals surface area contributed by atoms with Gasteiger partial charge >= 0.3 is 0 Å². The third kappa shape index (κ3) is 6.01. The summed E-state index contributed by atoms with van der Waals surface area (Å²) in [6.45, 7) is 7.58. The first kappa shape index (κ1) is 23.5. The summed E-state index contributed by atoms with van der Waals surface area (Å²) < 4.78 is 5.83. The number of amides is 2. The van der Waals surface area contributed by atoms with E-state index in [1.807, 2.05) is 57.2 Å². The SMILES string of the molecule is CC(C)(C)Oc1ccc(CNC(=O)C2CCN(C(=O)c3cc(-c4ccncc4)n[nH]3)CC2)cc1. The highest BCUT2D eigenvalue weighted by Gasteiger charge is 2.28. The molecule has 1 aliphatic heterocycles. The molecule has 0 radical (unpaired) electrons. The fourth-order valence-corrected chi connectivity index (χ4v) is 3.98. The lowest BCUT2D eigenvalue weighted by molar-refractivity contribution is -0.126. The van der Waals surface area contributed by atoms with Gasteiger partial charge in [-0.3, -0.25) is 19.7 Å². The fraction of sp³-hybridized carbons (Fsp3) is 0.385. The molecule has 1 aliphatic rings. The molecule has 0 unspecified atom stereocenters. The predicted octanol–water partition coefficient (Wildman–Crippen LogP) is 3.82. The standard InChI is InChI=1S/C26H31N5O3/c1-26(2,3)34-21-6-4-18(5-7-21)17-28-24(32)20-10-14-31(15-11-20)25(33)23-16-22(29-30-23)19-8-12-27-13-9-19/h4-9,12-13,16,20H,10-11,14-15,17H2,1-3H3,(H,28,32)(H,29,30). The van der Waals surface area contributed by atoms with Crippen LogP contribution in [0.5, 0.6) is 5.75 Å². The fourth-order valence-electron chi connectivity index (χ4n) is 3.98. The summed E-state index contributed by atoms with van der Waals surface area (Å²) in [5.41, 5.74) is 2.83. The van der Waals surface area contributed by atoms with E-state index in [9.17, 15) is 9.59 Å². The van der Waals surface area contributed by atoms with Gasteiger partial charge in [0.15, 0.2) is 0 Å². The minimum atomic E-state index is -0.245. The van der Waals surface area contributed by atoms with Crippen molar-refractivity contribution >= 4 is 11.8 Å². The van der Waals surface area contributed by atoms with E-state index in [1.165, 1.54) is 0 Å². The highest BCUT2D eigenvalue weighted by molar-refractivity contribution is 5.93. The van der Waals surface area contributed by atoms with Crippen LogP contribution in [-0.4, -0.2) is 50.6 Å². The van der Waals surface area contributed by atoms with Crippen molar-refractivity contribution in [3.8, 4) is 17.0 Å². The van der Waals surface area contributed by atoms with E-state index >= 15 is 0 Å². The molecule has 3 heterocycles. The summed E-state index contributed by atoms with van der Waals surface area (Å²) in [5.74, 6) is 0.652. The number of likely N-dealkylation sites (tertiary alicyclic amines) is 1. The Kier molecular flexibility index (Phi) is 6.95. The molecule has 3 aromatic rings. The third-order valence-corrected chi connectivity index (χ3v) is 5.75. The van der Waals surface area contributed by atoms with Gasteiger partial charge in [0.1, 0.15) is 17.0 Å². The van der Waals surface area contributed by atoms with E-state index in [-0.39, 0.29) is 23.3 Å². The average molecular weight is 462 g/mol. The van der Waals surface area contributed by atoms with Gasteiger partial charge in [0.05, 0.1) is 5.69 Å². The number of hydrogen-bond acceptors (Lipinski definition) is 5. The number of carbonyl (C=O) groups is 2. The van der Waals surface area contributed by atoms with Crippen LogP contribution < -0.4 is 10.1 Å². The third-order valence-electron chi connectivity index (χ3n) is 5.75. The van der Waals surface area contributed by atoms with E-state index in [0.717, 1.165) is 16.9 Å². The van der Waals surface area contributed by atoms with Crippen LogP contribution in [0.3, 0.4) is 0 Å². The van der Waals surface area contributed by atoms with Gasteiger partial charge < -0.3 is 15.0 Å². The van der Waals surface area contributed by atoms with Crippen molar-refractivity contribution in [2.24, 2.45) is 5.92 Å². The maximum atomic E-state index is 12.9. The summed E-state index contributed by atoms with van der Waals surface area (Å²) in [5, 5.41) is 10.1. The Labute approximate surface area is 199 Å². The molecular weight excluding hydrogens is 430 g/mol. The van der Waals surface area contributed by atoms with Crippen LogP contribution in [0, 0.1) is 5.92 Å². The van der Waals surface area contributed by atoms with Crippen molar-refractivity contribution in [1.82, 2.24) is 25.4 Å². The second-order valence-corrected chi connectivity index (χ2v) is 9.55. The van der Waals surface area contributed by atoms with E-state index in [4.69, 9.17) is 4.74 Å². The quantitative estimate of drug-likeness (QED) is 0.581. The molecule has 0 atom stereocenters. The first-order valence-electron chi connectivity index (χ1n) is 11.6. The molecule has 2 amide bonds. The number of nitrogens with one attached hydrogen (secondary N) is 2. The van der Waals surface area contributed by atoms with Crippen LogP contribution in [0.2, 0.25) is 0 Å². The van der Waals surface area contributed by atoms with Crippen LogP contribution in [0.15, 0.2) is 54.9 Å². The van der Waals surface area contributed by atoms with Crippen LogP contribution in [-0.2, 0) is 11.3 Å². The molecule has 2 aromatic heterocycles. The minimum absolute atomic E-state index is 0.0311. The maximum absolute atomic E-state index is 12.9. The number of nitrogens with zero attached hydrogens (tertiary/aromatic N) is 3. The molecule has 0 spiro atoms. The number of rotatable bonds is 6. The smallest absolute Gasteiger partial charge is 0.271 e. The van der Waals surface area contributed by atoms with Gasteiger partial charge in [-0.25, -0.2) is 0 Å². The maximum Gasteiger partial charge on any atom is 0.271 e. The Morgan fingerprint density at radius 2 is 1.76 bits per heavy atom. The summed E-state index contributed by atoms with van der Waals surface area (Å²) in [4.78, 5) is 31.3. The van der Waals surface area contributed by atoms with E-state index in [0.29, 0.717) is 43.9 Å². The summed E-state index contributed by atoms with van der Waals surface area (Å²) in [7, 11) is 0. The Morgan fingerprint density at radius 3 is 2.41 bits per heavy atom. The molecule has 8 nitrogen and oxygen atoms in total. The van der Waals surface area contributed by atoms with Crippen molar-refractivity contribution in [3.63, 3.8) is 0 Å². The van der Waals surface area contributed by atoms with Gasteiger partial charge in [0.25, 0.3) is 5.91 Å². The molecule has 8 heteroatoms. The molecule has 1 fully saturated rings. The molecule has 1 aromatic carbocycles. The number of aromatic amines is 1. The van der Waals surface area contributed by atoms with Gasteiger partial charge in [-0.15, -0.1) is 0 Å². The first-order chi connectivity index (χ1) is 16.3. The monoisotopic (exact) mass is 461 g/mol. The van der Waals surface area contributed by atoms with Gasteiger partial charge in [-0.2, -0.15) is 5.10 Å². The zero-order valence-corrected chi connectivity index (χ0v) is 19.9. The van der Waals surface area contributed by atoms with E-state index in [2.05, 4.69) is 20.5 Å². The number of hydrogen-bond donors (Lipinski definition) is 2. The van der Waals surface area contributed by atoms with Gasteiger partial charge in [0, 0.05) is 43.5 Å². The molecule has 4 rings (SSSR count). The summed E-state index contributed by atoms with van der Waals surface area (Å²) in [6, 6.07) is 13.2. The molecule has 34 heavy (non-hydrogen) atoms. The lowest BCUT2D eigenvalue weighted by atomic mass is 9.95. The van der Waals surface area contributed by atoms with Crippen LogP contribution in [0.25, 0.3) is 11.3 Å². The second kappa shape index (κ2) is 10.1. The number of H-pyrrole nitrogens is 1. The highest BCUT2D eigenvalue weighted by atomic mass is 16.5. The molecule has 0 bridgehead atoms. The van der Waals surface area contributed by atoms with Crippen molar-refractivity contribution in [1.29, 1.82) is 0 Å². The molecule has 2 N–H and O–H groups in total. The average Bonchev–Trinajstić information content (AvgIpc) is 3.33. The Hall–Kier alpha value is -3.68. The zero-order chi connectivity index (χ0) is 24.1. The minimum Gasteiger partial charge on any atom is -0.488 e. The Bertz CT molecular complexity index is 1110. The number of aromatic nitrogens is 3. The Morgan fingerprint density at radius 1 is 1.09 bits per heavy atom. The van der Waals surface area contributed by atoms with E-state index in [1.54, 1.807) is 23.4 Å². The van der Waals surface area contributed by atoms with Crippen LogP contribution >= 0.6 is 0 Å². The number of benzene rings is 1. The van der Waals surface area contributed by atoms with E-state index < -0.39 is 0 Å². The van der Waals surface area contributed by atoms with Crippen LogP contribution in [0.4, 0.5) is 0 Å². The normalized spacial score (nSPS) is 14.6. The number of piperidine rings is 1. The predicted molar refractivity (Wildman–Crippen MR) is 129 cm³/mol. The van der Waals surface area contributed by atoms with Crippen LogP contribution in [0.1, 0.15) is 49.7 Å². The lowest BCUT2D eigenvalue weighted by Gasteiger charge is -2.31. The Balaban J connectivity index is 1.24. The summed E-state index contributed by atoms with van der Waals surface area (Å²) in [6.07, 6.45) is 4.66. The number of carbonyl (C=O) groups excluding carboxylic acids is 2. The number of pyridine rings is 1. The second-order valence-electron chi connectivity index (χ2n) is 9.55. The topological polar surface area (TPSA) is 100 Å². The zero-order valence-electron chi connectivity index (χ0n) is 19.9. The molecule has 1 saturated heterocycles.